The van der Waals surface area contributed by atoms with Gasteiger partial charge in [-0.1, -0.05) is 30.3 Å². The summed E-state index contributed by atoms with van der Waals surface area (Å²) < 4.78 is 0. The van der Waals surface area contributed by atoms with E-state index in [1.54, 1.807) is 0 Å². The molecule has 2 N–H and O–H groups in total. The molecule has 0 aliphatic heterocycles. The number of carboxylic acids is 1. The van der Waals surface area contributed by atoms with E-state index >= 15 is 0 Å². The van der Waals surface area contributed by atoms with Gasteiger partial charge < -0.3 is 10.4 Å². The number of carbonyl (C=O) groups excluding carboxylic acids is 1. The number of hydrogen-bond donors (Lipinski definition) is 2. The van der Waals surface area contributed by atoms with Crippen LogP contribution in [-0.4, -0.2) is 23.5 Å². The molecule has 0 fully saturated rings. The van der Waals surface area contributed by atoms with Crippen LogP contribution in [0, 0.1) is 0 Å². The Bertz CT molecular complexity index is 385. The predicted molar refractivity (Wildman–Crippen MR) is 59.9 cm³/mol. The van der Waals surface area contributed by atoms with E-state index in [4.69, 9.17) is 5.11 Å². The Morgan fingerprint density at radius 1 is 1.19 bits per heavy atom. The molecule has 4 nitrogen and oxygen atoms in total. The van der Waals surface area contributed by atoms with Crippen LogP contribution in [0.15, 0.2) is 42.5 Å². The molecule has 1 rings (SSSR count). The molecule has 1 aromatic rings. The van der Waals surface area contributed by atoms with Crippen molar-refractivity contribution < 1.29 is 14.7 Å². The van der Waals surface area contributed by atoms with Gasteiger partial charge in [0.05, 0.1) is 0 Å². The minimum Gasteiger partial charge on any atom is -0.478 e. The van der Waals surface area contributed by atoms with Crippen molar-refractivity contribution in [2.75, 3.05) is 6.54 Å². The highest BCUT2D eigenvalue weighted by atomic mass is 16.4. The summed E-state index contributed by atoms with van der Waals surface area (Å²) >= 11 is 0. The SMILES string of the molecule is O=C(O)C=CC(=O)NCCc1ccccc1. The lowest BCUT2D eigenvalue weighted by molar-refractivity contribution is -0.131. The lowest BCUT2D eigenvalue weighted by Gasteiger charge is -2.01. The monoisotopic (exact) mass is 219 g/mol. The summed E-state index contributed by atoms with van der Waals surface area (Å²) in [4.78, 5) is 21.2. The molecule has 0 heterocycles. The van der Waals surface area contributed by atoms with E-state index in [-0.39, 0.29) is 0 Å². The quantitative estimate of drug-likeness (QED) is 0.725. The summed E-state index contributed by atoms with van der Waals surface area (Å²) in [7, 11) is 0. The standard InChI is InChI=1S/C12H13NO3/c14-11(6-7-12(15)16)13-9-8-10-4-2-1-3-5-10/h1-7H,8-9H2,(H,13,14)(H,15,16). The van der Waals surface area contributed by atoms with Crippen molar-refractivity contribution in [3.05, 3.63) is 48.0 Å². The zero-order valence-corrected chi connectivity index (χ0v) is 8.72. The van der Waals surface area contributed by atoms with E-state index in [9.17, 15) is 9.59 Å². The molecule has 0 aromatic heterocycles. The van der Waals surface area contributed by atoms with Gasteiger partial charge in [0, 0.05) is 18.7 Å². The van der Waals surface area contributed by atoms with Crippen LogP contribution in [0.3, 0.4) is 0 Å². The summed E-state index contributed by atoms with van der Waals surface area (Å²) in [6, 6.07) is 9.74. The van der Waals surface area contributed by atoms with Crippen LogP contribution in [0.1, 0.15) is 5.56 Å². The Morgan fingerprint density at radius 2 is 1.88 bits per heavy atom. The number of carboxylic acid groups (broad SMARTS) is 1. The average molecular weight is 219 g/mol. The molecule has 4 heteroatoms. The molecule has 0 spiro atoms. The van der Waals surface area contributed by atoms with Gasteiger partial charge >= 0.3 is 5.97 Å². The molecule has 0 atom stereocenters. The Labute approximate surface area is 93.6 Å². The van der Waals surface area contributed by atoms with Crippen LogP contribution in [-0.2, 0) is 16.0 Å². The highest BCUT2D eigenvalue weighted by Gasteiger charge is 1.96. The van der Waals surface area contributed by atoms with Crippen molar-refractivity contribution in [2.24, 2.45) is 0 Å². The second kappa shape index (κ2) is 6.40. The Kier molecular flexibility index (Phi) is 4.79. The second-order valence-electron chi connectivity index (χ2n) is 3.20. The zero-order chi connectivity index (χ0) is 11.8. The molecule has 16 heavy (non-hydrogen) atoms. The van der Waals surface area contributed by atoms with Gasteiger partial charge in [-0.05, 0) is 12.0 Å². The molecule has 0 saturated heterocycles. The minimum atomic E-state index is -1.13. The fourth-order valence-electron chi connectivity index (χ4n) is 1.18. The number of carbonyl (C=O) groups is 2. The molecule has 0 aliphatic rings. The maximum Gasteiger partial charge on any atom is 0.328 e. The lowest BCUT2D eigenvalue weighted by Crippen LogP contribution is -2.23. The summed E-state index contributed by atoms with van der Waals surface area (Å²) in [6.45, 7) is 0.493. The van der Waals surface area contributed by atoms with Gasteiger partial charge in [0.1, 0.15) is 0 Å². The number of nitrogens with one attached hydrogen (secondary N) is 1. The van der Waals surface area contributed by atoms with Gasteiger partial charge in [0.2, 0.25) is 5.91 Å². The fraction of sp³-hybridized carbons (Fsp3) is 0.167. The first kappa shape index (κ1) is 12.0. The van der Waals surface area contributed by atoms with Crippen molar-refractivity contribution in [3.63, 3.8) is 0 Å². The third-order valence-electron chi connectivity index (χ3n) is 1.93. The van der Waals surface area contributed by atoms with Gasteiger partial charge in [-0.15, -0.1) is 0 Å². The lowest BCUT2D eigenvalue weighted by atomic mass is 10.1. The van der Waals surface area contributed by atoms with Gasteiger partial charge in [0.15, 0.2) is 0 Å². The number of aliphatic carboxylic acids is 1. The summed E-state index contributed by atoms with van der Waals surface area (Å²) in [5.41, 5.74) is 1.13. The van der Waals surface area contributed by atoms with Crippen LogP contribution in [0.5, 0.6) is 0 Å². The smallest absolute Gasteiger partial charge is 0.328 e. The van der Waals surface area contributed by atoms with Crippen LogP contribution in [0.2, 0.25) is 0 Å². The third kappa shape index (κ3) is 4.95. The molecule has 1 aromatic carbocycles. The molecule has 0 radical (unpaired) electrons. The van der Waals surface area contributed by atoms with Crippen molar-refractivity contribution in [2.45, 2.75) is 6.42 Å². The number of hydrogen-bond acceptors (Lipinski definition) is 2. The van der Waals surface area contributed by atoms with Crippen LogP contribution in [0.4, 0.5) is 0 Å². The first-order valence-corrected chi connectivity index (χ1v) is 4.91. The second-order valence-corrected chi connectivity index (χ2v) is 3.20. The van der Waals surface area contributed by atoms with Crippen molar-refractivity contribution in [1.82, 2.24) is 5.32 Å². The molecule has 84 valence electrons. The maximum absolute atomic E-state index is 11.1. The van der Waals surface area contributed by atoms with E-state index in [0.717, 1.165) is 24.1 Å². The van der Waals surface area contributed by atoms with Crippen LogP contribution in [0.25, 0.3) is 0 Å². The van der Waals surface area contributed by atoms with E-state index < -0.39 is 11.9 Å². The molecule has 1 amide bonds. The minimum absolute atomic E-state index is 0.390. The molecular weight excluding hydrogens is 206 g/mol. The van der Waals surface area contributed by atoms with Crippen molar-refractivity contribution >= 4 is 11.9 Å². The van der Waals surface area contributed by atoms with Crippen LogP contribution >= 0.6 is 0 Å². The highest BCUT2D eigenvalue weighted by Crippen LogP contribution is 1.97. The maximum atomic E-state index is 11.1. The van der Waals surface area contributed by atoms with Crippen molar-refractivity contribution in [3.8, 4) is 0 Å². The molecule has 0 bridgehead atoms. The number of rotatable bonds is 5. The molecule has 0 unspecified atom stereocenters. The molecule has 0 aliphatic carbocycles. The topological polar surface area (TPSA) is 66.4 Å². The van der Waals surface area contributed by atoms with Gasteiger partial charge in [-0.3, -0.25) is 4.79 Å². The van der Waals surface area contributed by atoms with Crippen LogP contribution < -0.4 is 5.32 Å². The zero-order valence-electron chi connectivity index (χ0n) is 8.72. The Morgan fingerprint density at radius 3 is 2.50 bits per heavy atom. The van der Waals surface area contributed by atoms with Gasteiger partial charge in [-0.25, -0.2) is 4.79 Å². The first-order valence-electron chi connectivity index (χ1n) is 4.91. The first-order chi connectivity index (χ1) is 7.68. The van der Waals surface area contributed by atoms with E-state index in [2.05, 4.69) is 5.32 Å². The van der Waals surface area contributed by atoms with E-state index in [1.165, 1.54) is 0 Å². The third-order valence-corrected chi connectivity index (χ3v) is 1.93. The predicted octanol–water partition coefficient (Wildman–Crippen LogP) is 0.986. The molecular formula is C12H13NO3. The van der Waals surface area contributed by atoms with Gasteiger partial charge in [-0.2, -0.15) is 0 Å². The highest BCUT2D eigenvalue weighted by molar-refractivity contribution is 5.93. The van der Waals surface area contributed by atoms with Crippen molar-refractivity contribution in [1.29, 1.82) is 0 Å². The Balaban J connectivity index is 2.26. The summed E-state index contributed by atoms with van der Waals surface area (Å²) in [6.07, 6.45) is 2.55. The van der Waals surface area contributed by atoms with Gasteiger partial charge in [0.25, 0.3) is 0 Å². The normalized spacial score (nSPS) is 10.2. The largest absolute Gasteiger partial charge is 0.478 e. The van der Waals surface area contributed by atoms with E-state index in [0.29, 0.717) is 6.54 Å². The summed E-state index contributed by atoms with van der Waals surface area (Å²) in [5, 5.41) is 10.9. The van der Waals surface area contributed by atoms with E-state index in [1.807, 2.05) is 30.3 Å². The Hall–Kier alpha value is -2.10. The molecule has 0 saturated carbocycles. The summed E-state index contributed by atoms with van der Waals surface area (Å²) in [5.74, 6) is -1.52. The number of benzene rings is 1. The number of amides is 1. The average Bonchev–Trinajstić information content (AvgIpc) is 2.28. The fourth-order valence-corrected chi connectivity index (χ4v) is 1.18.